The van der Waals surface area contributed by atoms with Crippen LogP contribution in [-0.2, 0) is 18.4 Å². The number of benzene rings is 1. The molecule has 0 radical (unpaired) electrons. The zero-order valence-corrected chi connectivity index (χ0v) is 21.3. The number of alkyl halides is 1. The first-order valence-corrected chi connectivity index (χ1v) is 14.6. The molecule has 0 bridgehead atoms. The van der Waals surface area contributed by atoms with Crippen LogP contribution in [0.3, 0.4) is 0 Å². The number of aliphatic hydroxyl groups is 1. The minimum atomic E-state index is -4.85. The summed E-state index contributed by atoms with van der Waals surface area (Å²) in [6, 6.07) is 11.1. The van der Waals surface area contributed by atoms with Crippen molar-refractivity contribution in [2.75, 3.05) is 17.8 Å². The first-order chi connectivity index (χ1) is 16.8. The van der Waals surface area contributed by atoms with Gasteiger partial charge in [0.25, 0.3) is 0 Å². The van der Waals surface area contributed by atoms with E-state index in [1.165, 1.54) is 6.20 Å². The molecule has 1 saturated heterocycles. The van der Waals surface area contributed by atoms with Gasteiger partial charge in [-0.3, -0.25) is 9.13 Å². The average Bonchev–Trinajstić information content (AvgIpc) is 3.32. The molecule has 0 amide bonds. The molecule has 1 aliphatic heterocycles. The van der Waals surface area contributed by atoms with Gasteiger partial charge in [-0.2, -0.15) is 5.10 Å². The molecule has 6 atom stereocenters. The molecule has 1 aromatic carbocycles. The van der Waals surface area contributed by atoms with Gasteiger partial charge in [0.2, 0.25) is 0 Å². The highest BCUT2D eigenvalue weighted by Crippen LogP contribution is 2.55. The minimum absolute atomic E-state index is 0.0968. The van der Waals surface area contributed by atoms with E-state index < -0.39 is 52.3 Å². The maximum absolute atomic E-state index is 15.0. The molecule has 4 rings (SSSR count). The summed E-state index contributed by atoms with van der Waals surface area (Å²) >= 11 is 6.22. The Morgan fingerprint density at radius 3 is 2.64 bits per heavy atom. The number of hydrogen-bond acceptors (Lipinski definition) is 8. The fourth-order valence-electron chi connectivity index (χ4n) is 3.85. The van der Waals surface area contributed by atoms with Crippen molar-refractivity contribution in [3.63, 3.8) is 0 Å². The van der Waals surface area contributed by atoms with E-state index in [1.54, 1.807) is 6.07 Å². The molecule has 12 nitrogen and oxygen atoms in total. The molecule has 1 unspecified atom stereocenters. The number of pyridine rings is 1. The van der Waals surface area contributed by atoms with E-state index in [4.69, 9.17) is 26.1 Å². The smallest absolute Gasteiger partial charge is 0.340 e. The molecule has 0 aliphatic carbocycles. The zero-order chi connectivity index (χ0) is 26.3. The normalized spacial score (nSPS) is 25.1. The number of hydrogen-bond donors (Lipinski definition) is 5. The molecular weight excluding hydrogens is 541 g/mol. The van der Waals surface area contributed by atoms with Crippen LogP contribution in [0.4, 0.5) is 10.1 Å². The van der Waals surface area contributed by atoms with Crippen molar-refractivity contribution in [1.82, 2.24) is 14.8 Å². The van der Waals surface area contributed by atoms with Crippen molar-refractivity contribution in [3.8, 4) is 0 Å². The molecule has 3 aromatic rings. The highest BCUT2D eigenvalue weighted by atomic mass is 35.5. The second-order valence-corrected chi connectivity index (χ2v) is 12.7. The van der Waals surface area contributed by atoms with E-state index >= 15 is 4.39 Å². The number of ether oxygens (including phenoxy) is 1. The molecule has 16 heteroatoms. The maximum atomic E-state index is 15.0. The summed E-state index contributed by atoms with van der Waals surface area (Å²) in [6.07, 6.45) is -5.26. The number of anilines is 1. The Hall–Kier alpha value is -1.92. The second kappa shape index (κ2) is 10.4. The van der Waals surface area contributed by atoms with Crippen LogP contribution in [0.25, 0.3) is 11.0 Å². The van der Waals surface area contributed by atoms with Crippen LogP contribution in [0, 0.1) is 0 Å². The highest BCUT2D eigenvalue weighted by Gasteiger charge is 2.47. The van der Waals surface area contributed by atoms with Gasteiger partial charge in [0, 0.05) is 6.04 Å². The maximum Gasteiger partial charge on any atom is 0.340 e. The van der Waals surface area contributed by atoms with Crippen molar-refractivity contribution in [2.45, 2.75) is 37.6 Å². The van der Waals surface area contributed by atoms with Gasteiger partial charge in [0.1, 0.15) is 17.4 Å². The first kappa shape index (κ1) is 27.1. The van der Waals surface area contributed by atoms with Crippen LogP contribution >= 0.6 is 26.8 Å². The van der Waals surface area contributed by atoms with Crippen LogP contribution < -0.4 is 5.32 Å². The first-order valence-electron chi connectivity index (χ1n) is 10.7. The van der Waals surface area contributed by atoms with Gasteiger partial charge in [-0.05, 0) is 18.6 Å². The molecule has 36 heavy (non-hydrogen) atoms. The van der Waals surface area contributed by atoms with Crippen LogP contribution in [-0.4, -0.2) is 65.4 Å². The fraction of sp³-hybridized carbons (Fsp3) is 0.400. The third-order valence-electron chi connectivity index (χ3n) is 5.55. The Bertz CT molecular complexity index is 1330. The second-order valence-electron chi connectivity index (χ2n) is 8.34. The molecule has 1 aliphatic rings. The summed E-state index contributed by atoms with van der Waals surface area (Å²) in [5.74, 6) is -1.42. The minimum Gasteiger partial charge on any atom is -0.387 e. The molecular formula is C20H24ClFN4O8P2. The predicted octanol–water partition coefficient (Wildman–Crippen LogP) is 3.19. The van der Waals surface area contributed by atoms with Gasteiger partial charge in [-0.25, -0.2) is 14.1 Å². The highest BCUT2D eigenvalue weighted by molar-refractivity contribution is 7.70. The topological polar surface area (TPSA) is 176 Å². The molecule has 1 fully saturated rings. The van der Waals surface area contributed by atoms with Crippen molar-refractivity contribution >= 4 is 43.5 Å². The largest absolute Gasteiger partial charge is 0.387 e. The van der Waals surface area contributed by atoms with Gasteiger partial charge in [0.15, 0.2) is 23.9 Å². The predicted molar refractivity (Wildman–Crippen MR) is 129 cm³/mol. The Morgan fingerprint density at radius 1 is 1.28 bits per heavy atom. The average molecular weight is 565 g/mol. The van der Waals surface area contributed by atoms with Crippen molar-refractivity contribution in [3.05, 3.63) is 53.3 Å². The number of rotatable bonds is 9. The van der Waals surface area contributed by atoms with Crippen LogP contribution in [0.15, 0.2) is 42.6 Å². The summed E-state index contributed by atoms with van der Waals surface area (Å²) in [5.41, 5.74) is 1.76. The van der Waals surface area contributed by atoms with E-state index in [0.29, 0.717) is 11.1 Å². The van der Waals surface area contributed by atoms with Crippen molar-refractivity contribution in [1.29, 1.82) is 0 Å². The number of nitrogens with zero attached hydrogens (tertiary/aromatic N) is 3. The summed E-state index contributed by atoms with van der Waals surface area (Å²) < 4.78 is 49.2. The fourth-order valence-corrected chi connectivity index (χ4v) is 6.61. The SMILES string of the molecule is C[C@@H](Nc1cc(Cl)nc2c1cnn2[C@@H]1O[C@H](COP(=O)(O)CP(=O)(O)O)[C@@H](O)[C@@H]1F)c1ccccc1. The van der Waals surface area contributed by atoms with Gasteiger partial charge < -0.3 is 34.4 Å². The Morgan fingerprint density at radius 2 is 1.97 bits per heavy atom. The molecule has 196 valence electrons. The van der Waals surface area contributed by atoms with E-state index in [1.807, 2.05) is 37.3 Å². The number of halogens is 2. The van der Waals surface area contributed by atoms with Crippen LogP contribution in [0.2, 0.25) is 5.15 Å². The lowest BCUT2D eigenvalue weighted by molar-refractivity contribution is -0.0472. The lowest BCUT2D eigenvalue weighted by Gasteiger charge is -2.18. The van der Waals surface area contributed by atoms with Gasteiger partial charge in [-0.15, -0.1) is 0 Å². The summed E-state index contributed by atoms with van der Waals surface area (Å²) in [4.78, 5) is 31.6. The molecule has 3 heterocycles. The van der Waals surface area contributed by atoms with E-state index in [9.17, 15) is 19.1 Å². The van der Waals surface area contributed by atoms with Crippen molar-refractivity contribution in [2.24, 2.45) is 0 Å². The summed E-state index contributed by atoms with van der Waals surface area (Å²) in [5, 5.41) is 18.4. The lowest BCUT2D eigenvalue weighted by Crippen LogP contribution is -2.31. The molecule has 2 aromatic heterocycles. The number of fused-ring (bicyclic) bond motifs is 1. The lowest BCUT2D eigenvalue weighted by atomic mass is 10.1. The number of aliphatic hydroxyl groups excluding tert-OH is 1. The van der Waals surface area contributed by atoms with Crippen LogP contribution in [0.1, 0.15) is 24.8 Å². The molecule has 5 N–H and O–H groups in total. The zero-order valence-electron chi connectivity index (χ0n) is 18.8. The standard InChI is InChI=1S/C20H24ClFN4O8P2/c1-11(12-5-3-2-4-6-12)24-14-7-16(21)25-19-13(14)8-23-26(19)20-17(22)18(27)15(34-20)9-33-36(31,32)10-35(28,29)30/h2-8,11,15,17-18,20,27H,9-10H2,1H3,(H,24,25)(H,31,32)(H2,28,29,30)/t11-,15-,17+,18-,20-/m1/s1. The number of aromatic nitrogens is 3. The Balaban J connectivity index is 1.55. The quantitative estimate of drug-likeness (QED) is 0.190. The van der Waals surface area contributed by atoms with Crippen molar-refractivity contribution < 1.29 is 42.6 Å². The summed E-state index contributed by atoms with van der Waals surface area (Å²) in [7, 11) is -9.57. The Labute approximate surface area is 209 Å². The van der Waals surface area contributed by atoms with E-state index in [0.717, 1.165) is 10.2 Å². The van der Waals surface area contributed by atoms with Gasteiger partial charge >= 0.3 is 15.2 Å². The van der Waals surface area contributed by atoms with Gasteiger partial charge in [0.05, 0.1) is 23.9 Å². The number of nitrogens with one attached hydrogen (secondary N) is 1. The van der Waals surface area contributed by atoms with E-state index in [-0.39, 0.29) is 16.8 Å². The van der Waals surface area contributed by atoms with E-state index in [2.05, 4.69) is 19.9 Å². The third-order valence-corrected chi connectivity index (χ3v) is 9.20. The Kier molecular flexibility index (Phi) is 7.87. The monoisotopic (exact) mass is 564 g/mol. The molecule has 0 saturated carbocycles. The van der Waals surface area contributed by atoms with Gasteiger partial charge in [-0.1, -0.05) is 41.9 Å². The summed E-state index contributed by atoms with van der Waals surface area (Å²) in [6.45, 7) is 1.16. The third kappa shape index (κ3) is 6.13. The molecule has 0 spiro atoms. The van der Waals surface area contributed by atoms with Crippen LogP contribution in [0.5, 0.6) is 0 Å².